The van der Waals surface area contributed by atoms with Crippen molar-refractivity contribution in [3.05, 3.63) is 84.6 Å². The summed E-state index contributed by atoms with van der Waals surface area (Å²) in [6, 6.07) is 15.2. The standard InChI is InChI=1S/C20H17N5O2/c26-20(18-13-19(27-24-18)16-3-1-9-21-14-16)22-11-8-15-4-6-17(7-5-15)25-12-2-10-23-25/h1-7,9-10,12-14H,8,11H2,(H,22,26). The molecule has 134 valence electrons. The lowest BCUT2D eigenvalue weighted by molar-refractivity contribution is 0.0945. The summed E-state index contributed by atoms with van der Waals surface area (Å²) in [4.78, 5) is 16.3. The lowest BCUT2D eigenvalue weighted by Crippen LogP contribution is -2.25. The average Bonchev–Trinajstić information content (AvgIpc) is 3.41. The van der Waals surface area contributed by atoms with Gasteiger partial charge >= 0.3 is 0 Å². The van der Waals surface area contributed by atoms with Gasteiger partial charge in [-0.3, -0.25) is 9.78 Å². The van der Waals surface area contributed by atoms with Crippen molar-refractivity contribution in [3.8, 4) is 17.0 Å². The Balaban J connectivity index is 1.31. The summed E-state index contributed by atoms with van der Waals surface area (Å²) in [5.74, 6) is 0.254. The monoisotopic (exact) mass is 359 g/mol. The van der Waals surface area contributed by atoms with E-state index in [1.807, 2.05) is 42.6 Å². The van der Waals surface area contributed by atoms with Gasteiger partial charge in [-0.2, -0.15) is 5.10 Å². The molecular formula is C20H17N5O2. The number of amides is 1. The molecule has 7 nitrogen and oxygen atoms in total. The third-order valence-electron chi connectivity index (χ3n) is 4.09. The van der Waals surface area contributed by atoms with Gasteiger partial charge < -0.3 is 9.84 Å². The normalized spacial score (nSPS) is 10.7. The number of nitrogens with zero attached hydrogens (tertiary/aromatic N) is 4. The van der Waals surface area contributed by atoms with Crippen molar-refractivity contribution < 1.29 is 9.32 Å². The van der Waals surface area contributed by atoms with Gasteiger partial charge in [-0.25, -0.2) is 4.68 Å². The average molecular weight is 359 g/mol. The Hall–Kier alpha value is -3.74. The van der Waals surface area contributed by atoms with Crippen LogP contribution in [0.1, 0.15) is 16.1 Å². The molecule has 0 unspecified atom stereocenters. The molecule has 7 heteroatoms. The molecule has 0 aliphatic heterocycles. The molecule has 1 aromatic carbocycles. The quantitative estimate of drug-likeness (QED) is 0.572. The van der Waals surface area contributed by atoms with E-state index in [1.54, 1.807) is 35.4 Å². The molecule has 0 atom stereocenters. The highest BCUT2D eigenvalue weighted by molar-refractivity contribution is 5.93. The molecule has 1 N–H and O–H groups in total. The van der Waals surface area contributed by atoms with Crippen molar-refractivity contribution in [2.75, 3.05) is 6.54 Å². The van der Waals surface area contributed by atoms with Crippen LogP contribution in [0.4, 0.5) is 0 Å². The van der Waals surface area contributed by atoms with Gasteiger partial charge in [0.05, 0.1) is 5.69 Å². The maximum atomic E-state index is 12.2. The van der Waals surface area contributed by atoms with Crippen LogP contribution in [0.25, 0.3) is 17.0 Å². The van der Waals surface area contributed by atoms with Gasteiger partial charge in [-0.1, -0.05) is 17.3 Å². The Kier molecular flexibility index (Phi) is 4.74. The summed E-state index contributed by atoms with van der Waals surface area (Å²) in [7, 11) is 0. The highest BCUT2D eigenvalue weighted by atomic mass is 16.5. The van der Waals surface area contributed by atoms with Crippen LogP contribution >= 0.6 is 0 Å². The van der Waals surface area contributed by atoms with E-state index in [0.29, 0.717) is 12.3 Å². The second-order valence-corrected chi connectivity index (χ2v) is 5.94. The smallest absolute Gasteiger partial charge is 0.273 e. The summed E-state index contributed by atoms with van der Waals surface area (Å²) < 4.78 is 7.03. The predicted octanol–water partition coefficient (Wildman–Crippen LogP) is 2.89. The molecule has 0 radical (unpaired) electrons. The van der Waals surface area contributed by atoms with Gasteiger partial charge in [0.15, 0.2) is 11.5 Å². The Morgan fingerprint density at radius 1 is 1.11 bits per heavy atom. The molecule has 4 rings (SSSR count). The van der Waals surface area contributed by atoms with E-state index in [4.69, 9.17) is 4.52 Å². The second kappa shape index (κ2) is 7.65. The van der Waals surface area contributed by atoms with Crippen LogP contribution in [-0.4, -0.2) is 32.4 Å². The number of benzene rings is 1. The van der Waals surface area contributed by atoms with Gasteiger partial charge in [0.25, 0.3) is 5.91 Å². The van der Waals surface area contributed by atoms with Gasteiger partial charge in [0, 0.05) is 43.0 Å². The van der Waals surface area contributed by atoms with Gasteiger partial charge in [-0.05, 0) is 42.3 Å². The van der Waals surface area contributed by atoms with Crippen molar-refractivity contribution in [1.29, 1.82) is 0 Å². The van der Waals surface area contributed by atoms with Crippen molar-refractivity contribution in [3.63, 3.8) is 0 Å². The van der Waals surface area contributed by atoms with Crippen LogP contribution in [0.3, 0.4) is 0 Å². The molecule has 0 aliphatic carbocycles. The summed E-state index contributed by atoms with van der Waals surface area (Å²) in [6.45, 7) is 0.509. The van der Waals surface area contributed by atoms with Crippen molar-refractivity contribution in [2.45, 2.75) is 6.42 Å². The lowest BCUT2D eigenvalue weighted by Gasteiger charge is -2.05. The van der Waals surface area contributed by atoms with Crippen molar-refractivity contribution in [1.82, 2.24) is 25.2 Å². The minimum absolute atomic E-state index is 0.253. The van der Waals surface area contributed by atoms with E-state index in [9.17, 15) is 4.79 Å². The number of aromatic nitrogens is 4. The highest BCUT2D eigenvalue weighted by Gasteiger charge is 2.13. The van der Waals surface area contributed by atoms with Crippen LogP contribution in [0.15, 0.2) is 77.8 Å². The molecule has 4 aromatic rings. The maximum Gasteiger partial charge on any atom is 0.273 e. The number of nitrogens with one attached hydrogen (secondary N) is 1. The molecule has 3 heterocycles. The number of carbonyl (C=O) groups is 1. The zero-order chi connectivity index (χ0) is 18.5. The van der Waals surface area contributed by atoms with Crippen LogP contribution in [0.2, 0.25) is 0 Å². The number of carbonyl (C=O) groups excluding carboxylic acids is 1. The van der Waals surface area contributed by atoms with Gasteiger partial charge in [-0.15, -0.1) is 0 Å². The minimum Gasteiger partial charge on any atom is -0.355 e. The first-order chi connectivity index (χ1) is 13.3. The third kappa shape index (κ3) is 3.92. The molecular weight excluding hydrogens is 342 g/mol. The molecule has 0 saturated heterocycles. The Labute approximate surface area is 155 Å². The summed E-state index contributed by atoms with van der Waals surface area (Å²) in [5.41, 5.74) is 3.16. The predicted molar refractivity (Wildman–Crippen MR) is 99.3 cm³/mol. The molecule has 0 aliphatic rings. The highest BCUT2D eigenvalue weighted by Crippen LogP contribution is 2.18. The number of hydrogen-bond acceptors (Lipinski definition) is 5. The Morgan fingerprint density at radius 2 is 2.00 bits per heavy atom. The molecule has 0 fully saturated rings. The SMILES string of the molecule is O=C(NCCc1ccc(-n2cccn2)cc1)c1cc(-c2cccnc2)on1. The molecule has 0 spiro atoms. The number of hydrogen-bond donors (Lipinski definition) is 1. The third-order valence-corrected chi connectivity index (χ3v) is 4.09. The Morgan fingerprint density at radius 3 is 2.74 bits per heavy atom. The Bertz CT molecular complexity index is 1010. The van der Waals surface area contributed by atoms with E-state index in [1.165, 1.54) is 0 Å². The molecule has 3 aromatic heterocycles. The fourth-order valence-corrected chi connectivity index (χ4v) is 2.67. The van der Waals surface area contributed by atoms with E-state index in [0.717, 1.165) is 23.2 Å². The van der Waals surface area contributed by atoms with Crippen molar-refractivity contribution in [2.24, 2.45) is 0 Å². The number of rotatable bonds is 6. The van der Waals surface area contributed by atoms with E-state index < -0.39 is 0 Å². The molecule has 0 bridgehead atoms. The van der Waals surface area contributed by atoms with Crippen molar-refractivity contribution >= 4 is 5.91 Å². The summed E-state index contributed by atoms with van der Waals surface area (Å²) in [5, 5.41) is 10.9. The van der Waals surface area contributed by atoms with E-state index in [-0.39, 0.29) is 11.6 Å². The molecule has 0 saturated carbocycles. The second-order valence-electron chi connectivity index (χ2n) is 5.94. The van der Waals surface area contributed by atoms with E-state index in [2.05, 4.69) is 20.6 Å². The van der Waals surface area contributed by atoms with Crippen LogP contribution in [0.5, 0.6) is 0 Å². The minimum atomic E-state index is -0.262. The van der Waals surface area contributed by atoms with Gasteiger partial charge in [0.1, 0.15) is 0 Å². The van der Waals surface area contributed by atoms with Crippen LogP contribution in [-0.2, 0) is 6.42 Å². The first kappa shape index (κ1) is 16.7. The molecule has 27 heavy (non-hydrogen) atoms. The fourth-order valence-electron chi connectivity index (χ4n) is 2.67. The lowest BCUT2D eigenvalue weighted by atomic mass is 10.1. The molecule has 1 amide bonds. The first-order valence-electron chi connectivity index (χ1n) is 8.54. The fraction of sp³-hybridized carbons (Fsp3) is 0.100. The number of pyridine rings is 1. The van der Waals surface area contributed by atoms with E-state index >= 15 is 0 Å². The van der Waals surface area contributed by atoms with Crippen LogP contribution < -0.4 is 5.32 Å². The largest absolute Gasteiger partial charge is 0.355 e. The first-order valence-corrected chi connectivity index (χ1v) is 8.54. The van der Waals surface area contributed by atoms with Crippen LogP contribution in [0, 0.1) is 0 Å². The van der Waals surface area contributed by atoms with Gasteiger partial charge in [0.2, 0.25) is 0 Å². The summed E-state index contributed by atoms with van der Waals surface area (Å²) >= 11 is 0. The zero-order valence-electron chi connectivity index (χ0n) is 14.4. The zero-order valence-corrected chi connectivity index (χ0v) is 14.4. The summed E-state index contributed by atoms with van der Waals surface area (Å²) in [6.07, 6.45) is 7.70. The topological polar surface area (TPSA) is 85.8 Å². The maximum absolute atomic E-state index is 12.2.